The molecular formula is C23H33FN2O. The Morgan fingerprint density at radius 3 is 2.56 bits per heavy atom. The number of hydrogen-bond donors (Lipinski definition) is 1. The number of piperidine rings is 1. The molecule has 0 spiro atoms. The molecule has 1 aliphatic heterocycles. The third-order valence-corrected chi connectivity index (χ3v) is 6.20. The quantitative estimate of drug-likeness (QED) is 0.768. The highest BCUT2D eigenvalue weighted by molar-refractivity contribution is 5.88. The number of benzene rings is 1. The molecule has 148 valence electrons. The van der Waals surface area contributed by atoms with E-state index in [-0.39, 0.29) is 17.8 Å². The first-order valence-corrected chi connectivity index (χ1v) is 10.4. The van der Waals surface area contributed by atoms with Crippen LogP contribution in [0.25, 0.3) is 0 Å². The fourth-order valence-electron chi connectivity index (χ4n) is 4.48. The molecule has 0 bridgehead atoms. The molecule has 27 heavy (non-hydrogen) atoms. The molecule has 3 nitrogen and oxygen atoms in total. The van der Waals surface area contributed by atoms with Gasteiger partial charge in [-0.25, -0.2) is 4.39 Å². The minimum absolute atomic E-state index is 0.107. The maximum Gasteiger partial charge on any atom is 0.230 e. The first-order valence-electron chi connectivity index (χ1n) is 10.4. The summed E-state index contributed by atoms with van der Waals surface area (Å²) >= 11 is 0. The summed E-state index contributed by atoms with van der Waals surface area (Å²) in [7, 11) is 0. The van der Waals surface area contributed by atoms with Gasteiger partial charge < -0.3 is 5.32 Å². The lowest BCUT2D eigenvalue weighted by atomic mass is 9.68. The lowest BCUT2D eigenvalue weighted by Gasteiger charge is -2.39. The Hall–Kier alpha value is -1.68. The zero-order valence-corrected chi connectivity index (χ0v) is 16.8. The van der Waals surface area contributed by atoms with Crippen molar-refractivity contribution in [3.05, 3.63) is 47.3 Å². The van der Waals surface area contributed by atoms with E-state index in [0.29, 0.717) is 0 Å². The molecule has 3 rings (SSSR count). The topological polar surface area (TPSA) is 32.3 Å². The normalized spacial score (nSPS) is 20.9. The van der Waals surface area contributed by atoms with Crippen molar-refractivity contribution in [1.82, 2.24) is 10.2 Å². The molecule has 0 radical (unpaired) electrons. The molecule has 0 unspecified atom stereocenters. The summed E-state index contributed by atoms with van der Waals surface area (Å²) in [5, 5.41) is 3.33. The Balaban J connectivity index is 1.65. The monoisotopic (exact) mass is 372 g/mol. The largest absolute Gasteiger partial charge is 0.353 e. The highest BCUT2D eigenvalue weighted by Crippen LogP contribution is 2.40. The van der Waals surface area contributed by atoms with Crippen LogP contribution in [0.3, 0.4) is 0 Å². The van der Waals surface area contributed by atoms with Gasteiger partial charge in [-0.15, -0.1) is 0 Å². The van der Waals surface area contributed by atoms with Crippen molar-refractivity contribution in [1.29, 1.82) is 0 Å². The molecule has 4 heteroatoms. The standard InChI is InChI=1S/C23H33FN2O/c1-18(2)9-14-26-15-10-21(11-16-26)25-22(27)23(12-4-3-5-13-23)19-7-6-8-20(24)17-19/h6-9,17,21H,3-5,10-16H2,1-2H3,(H,25,27). The maximum atomic E-state index is 13.8. The summed E-state index contributed by atoms with van der Waals surface area (Å²) < 4.78 is 13.8. The zero-order valence-electron chi connectivity index (χ0n) is 16.8. The predicted octanol–water partition coefficient (Wildman–Crippen LogP) is 4.57. The molecule has 1 amide bonds. The van der Waals surface area contributed by atoms with Crippen LogP contribution in [0.15, 0.2) is 35.9 Å². The van der Waals surface area contributed by atoms with Crippen molar-refractivity contribution in [2.75, 3.05) is 19.6 Å². The van der Waals surface area contributed by atoms with Crippen molar-refractivity contribution >= 4 is 5.91 Å². The first-order chi connectivity index (χ1) is 13.0. The Bertz CT molecular complexity index is 667. The second-order valence-electron chi connectivity index (χ2n) is 8.48. The number of carbonyl (C=O) groups is 1. The number of amides is 1. The average Bonchev–Trinajstić information content (AvgIpc) is 2.68. The van der Waals surface area contributed by atoms with E-state index in [1.165, 1.54) is 11.6 Å². The van der Waals surface area contributed by atoms with Crippen molar-refractivity contribution < 1.29 is 9.18 Å². The van der Waals surface area contributed by atoms with Gasteiger partial charge in [0.1, 0.15) is 5.82 Å². The molecular weight excluding hydrogens is 339 g/mol. The SMILES string of the molecule is CC(C)=CCN1CCC(NC(=O)C2(c3cccc(F)c3)CCCCC2)CC1. The fourth-order valence-corrected chi connectivity index (χ4v) is 4.48. The Kier molecular flexibility index (Phi) is 6.69. The smallest absolute Gasteiger partial charge is 0.230 e. The van der Waals surface area contributed by atoms with E-state index < -0.39 is 5.41 Å². The third-order valence-electron chi connectivity index (χ3n) is 6.20. The van der Waals surface area contributed by atoms with Crippen LogP contribution in [0.5, 0.6) is 0 Å². The van der Waals surface area contributed by atoms with Crippen LogP contribution < -0.4 is 5.32 Å². The van der Waals surface area contributed by atoms with Crippen LogP contribution in [0.1, 0.15) is 64.4 Å². The van der Waals surface area contributed by atoms with E-state index in [2.05, 4.69) is 30.1 Å². The Morgan fingerprint density at radius 2 is 1.93 bits per heavy atom. The van der Waals surface area contributed by atoms with Crippen molar-refractivity contribution in [3.8, 4) is 0 Å². The van der Waals surface area contributed by atoms with Gasteiger partial charge >= 0.3 is 0 Å². The second-order valence-corrected chi connectivity index (χ2v) is 8.48. The number of rotatable bonds is 5. The maximum absolute atomic E-state index is 13.8. The van der Waals surface area contributed by atoms with Gasteiger partial charge in [0, 0.05) is 25.7 Å². The van der Waals surface area contributed by atoms with Crippen LogP contribution in [0, 0.1) is 5.82 Å². The molecule has 0 aromatic heterocycles. The highest BCUT2D eigenvalue weighted by Gasteiger charge is 2.42. The number of nitrogens with one attached hydrogen (secondary N) is 1. The molecule has 1 aliphatic carbocycles. The minimum atomic E-state index is -0.556. The van der Waals surface area contributed by atoms with Gasteiger partial charge in [-0.1, -0.05) is 43.0 Å². The molecule has 1 aromatic carbocycles. The van der Waals surface area contributed by atoms with Crippen LogP contribution in [0.2, 0.25) is 0 Å². The molecule has 1 saturated heterocycles. The van der Waals surface area contributed by atoms with Crippen molar-refractivity contribution in [2.45, 2.75) is 70.3 Å². The van der Waals surface area contributed by atoms with Crippen molar-refractivity contribution in [2.24, 2.45) is 0 Å². The van der Waals surface area contributed by atoms with E-state index in [4.69, 9.17) is 0 Å². The number of nitrogens with zero attached hydrogens (tertiary/aromatic N) is 1. The lowest BCUT2D eigenvalue weighted by Crippen LogP contribution is -2.52. The van der Waals surface area contributed by atoms with Gasteiger partial charge in [0.2, 0.25) is 5.91 Å². The second kappa shape index (κ2) is 9.01. The van der Waals surface area contributed by atoms with Crippen LogP contribution in [-0.2, 0) is 10.2 Å². The predicted molar refractivity (Wildman–Crippen MR) is 108 cm³/mol. The molecule has 2 aliphatic rings. The van der Waals surface area contributed by atoms with E-state index >= 15 is 0 Å². The van der Waals surface area contributed by atoms with E-state index in [0.717, 1.165) is 70.1 Å². The van der Waals surface area contributed by atoms with Crippen LogP contribution in [-0.4, -0.2) is 36.5 Å². The van der Waals surface area contributed by atoms with Crippen LogP contribution in [0.4, 0.5) is 4.39 Å². The minimum Gasteiger partial charge on any atom is -0.353 e. The van der Waals surface area contributed by atoms with E-state index in [1.54, 1.807) is 12.1 Å². The summed E-state index contributed by atoms with van der Waals surface area (Å²) in [5.74, 6) is -0.145. The van der Waals surface area contributed by atoms with Gasteiger partial charge in [-0.2, -0.15) is 0 Å². The Morgan fingerprint density at radius 1 is 1.22 bits per heavy atom. The summed E-state index contributed by atoms with van der Waals surface area (Å²) in [6, 6.07) is 6.91. The molecule has 0 atom stereocenters. The van der Waals surface area contributed by atoms with Crippen LogP contribution >= 0.6 is 0 Å². The lowest BCUT2D eigenvalue weighted by molar-refractivity contribution is -0.129. The molecule has 2 fully saturated rings. The van der Waals surface area contributed by atoms with E-state index in [1.807, 2.05) is 6.07 Å². The van der Waals surface area contributed by atoms with Gasteiger partial charge in [0.05, 0.1) is 5.41 Å². The molecule has 1 N–H and O–H groups in total. The summed E-state index contributed by atoms with van der Waals surface area (Å²) in [6.07, 6.45) is 9.11. The van der Waals surface area contributed by atoms with Gasteiger partial charge in [0.25, 0.3) is 0 Å². The number of allylic oxidation sites excluding steroid dienone is 1. The van der Waals surface area contributed by atoms with Gasteiger partial charge in [-0.05, 0) is 57.2 Å². The Labute approximate surface area is 163 Å². The van der Waals surface area contributed by atoms with Crippen molar-refractivity contribution in [3.63, 3.8) is 0 Å². The molecule has 1 heterocycles. The van der Waals surface area contributed by atoms with Gasteiger partial charge in [0.15, 0.2) is 0 Å². The number of likely N-dealkylation sites (tertiary alicyclic amines) is 1. The number of carbonyl (C=O) groups excluding carboxylic acids is 1. The number of hydrogen-bond acceptors (Lipinski definition) is 2. The van der Waals surface area contributed by atoms with E-state index in [9.17, 15) is 9.18 Å². The summed E-state index contributed by atoms with van der Waals surface area (Å²) in [4.78, 5) is 15.8. The average molecular weight is 373 g/mol. The molecule has 1 aromatic rings. The first kappa shape index (κ1) is 20.1. The fraction of sp³-hybridized carbons (Fsp3) is 0.609. The summed E-state index contributed by atoms with van der Waals surface area (Å²) in [5.41, 5.74) is 1.64. The highest BCUT2D eigenvalue weighted by atomic mass is 19.1. The van der Waals surface area contributed by atoms with Gasteiger partial charge in [-0.3, -0.25) is 9.69 Å². The zero-order chi connectivity index (χ0) is 19.3. The summed E-state index contributed by atoms with van der Waals surface area (Å²) in [6.45, 7) is 7.28. The third kappa shape index (κ3) is 4.98. The molecule has 1 saturated carbocycles. The number of halogens is 1.